The van der Waals surface area contributed by atoms with E-state index in [-0.39, 0.29) is 11.9 Å². The molecule has 5 heteroatoms. The van der Waals surface area contributed by atoms with E-state index in [2.05, 4.69) is 0 Å². The second-order valence-corrected chi connectivity index (χ2v) is 6.27. The fourth-order valence-electron chi connectivity index (χ4n) is 3.37. The van der Waals surface area contributed by atoms with Crippen LogP contribution in [0.25, 0.3) is 0 Å². The maximum atomic E-state index is 12.9. The second-order valence-electron chi connectivity index (χ2n) is 6.27. The molecule has 2 aromatic rings. The molecule has 0 spiro atoms. The molecule has 124 valence electrons. The Labute approximate surface area is 136 Å². The van der Waals surface area contributed by atoms with E-state index in [4.69, 9.17) is 4.42 Å². The predicted molar refractivity (Wildman–Crippen MR) is 87.0 cm³/mol. The molecule has 0 aliphatic carbocycles. The van der Waals surface area contributed by atoms with Crippen LogP contribution in [0.2, 0.25) is 0 Å². The van der Waals surface area contributed by atoms with Crippen LogP contribution >= 0.6 is 0 Å². The van der Waals surface area contributed by atoms with Gasteiger partial charge in [-0.1, -0.05) is 12.8 Å². The summed E-state index contributed by atoms with van der Waals surface area (Å²) in [7, 11) is 1.89. The SMILES string of the molecule is Cn1cccc1C(=O)N1CCCCCC1CC(O)c1ccco1. The van der Waals surface area contributed by atoms with Crippen LogP contribution < -0.4 is 0 Å². The quantitative estimate of drug-likeness (QED) is 0.943. The molecule has 0 saturated carbocycles. The van der Waals surface area contributed by atoms with Crippen LogP contribution in [0.4, 0.5) is 0 Å². The van der Waals surface area contributed by atoms with Gasteiger partial charge in [-0.25, -0.2) is 0 Å². The van der Waals surface area contributed by atoms with Crippen molar-refractivity contribution >= 4 is 5.91 Å². The third-order valence-electron chi connectivity index (χ3n) is 4.67. The van der Waals surface area contributed by atoms with Crippen molar-refractivity contribution < 1.29 is 14.3 Å². The van der Waals surface area contributed by atoms with Gasteiger partial charge in [-0.2, -0.15) is 0 Å². The molecule has 2 aromatic heterocycles. The van der Waals surface area contributed by atoms with Gasteiger partial charge in [0.2, 0.25) is 0 Å². The first kappa shape index (κ1) is 15.9. The van der Waals surface area contributed by atoms with Crippen LogP contribution in [0.15, 0.2) is 41.1 Å². The number of amides is 1. The van der Waals surface area contributed by atoms with E-state index in [9.17, 15) is 9.90 Å². The van der Waals surface area contributed by atoms with Gasteiger partial charge in [0, 0.05) is 32.3 Å². The Kier molecular flexibility index (Phi) is 4.86. The predicted octanol–water partition coefficient (Wildman–Crippen LogP) is 3.13. The fourth-order valence-corrected chi connectivity index (χ4v) is 3.37. The zero-order valence-electron chi connectivity index (χ0n) is 13.5. The molecule has 2 atom stereocenters. The van der Waals surface area contributed by atoms with E-state index in [0.717, 1.165) is 32.2 Å². The van der Waals surface area contributed by atoms with Crippen LogP contribution in [0.5, 0.6) is 0 Å². The molecule has 0 radical (unpaired) electrons. The van der Waals surface area contributed by atoms with E-state index in [1.165, 1.54) is 0 Å². The van der Waals surface area contributed by atoms with Gasteiger partial charge in [0.15, 0.2) is 0 Å². The zero-order valence-corrected chi connectivity index (χ0v) is 13.5. The van der Waals surface area contributed by atoms with Crippen LogP contribution in [0.1, 0.15) is 54.5 Å². The van der Waals surface area contributed by atoms with Gasteiger partial charge in [-0.3, -0.25) is 4.79 Å². The molecule has 1 saturated heterocycles. The molecule has 1 fully saturated rings. The summed E-state index contributed by atoms with van der Waals surface area (Å²) in [4.78, 5) is 14.9. The molecule has 2 unspecified atom stereocenters. The number of aromatic nitrogens is 1. The summed E-state index contributed by atoms with van der Waals surface area (Å²) < 4.78 is 7.15. The average Bonchev–Trinajstić information content (AvgIpc) is 3.16. The molecule has 1 N–H and O–H groups in total. The van der Waals surface area contributed by atoms with Crippen LogP contribution in [0, 0.1) is 0 Å². The van der Waals surface area contributed by atoms with Crippen molar-refractivity contribution in [2.24, 2.45) is 7.05 Å². The standard InChI is InChI=1S/C18H24N2O3/c1-19-10-5-8-15(19)18(22)20-11-4-2-3-7-14(20)13-16(21)17-9-6-12-23-17/h5-6,8-10,12,14,16,21H,2-4,7,11,13H2,1H3. The van der Waals surface area contributed by atoms with Crippen molar-refractivity contribution in [3.05, 3.63) is 48.2 Å². The highest BCUT2D eigenvalue weighted by atomic mass is 16.4. The number of hydrogen-bond donors (Lipinski definition) is 1. The lowest BCUT2D eigenvalue weighted by atomic mass is 10.0. The fraction of sp³-hybridized carbons (Fsp3) is 0.500. The molecule has 1 aliphatic rings. The van der Waals surface area contributed by atoms with Gasteiger partial charge in [0.25, 0.3) is 5.91 Å². The summed E-state index contributed by atoms with van der Waals surface area (Å²) in [5.74, 6) is 0.622. The highest BCUT2D eigenvalue weighted by Crippen LogP contribution is 2.27. The van der Waals surface area contributed by atoms with E-state index < -0.39 is 6.10 Å². The summed E-state index contributed by atoms with van der Waals surface area (Å²) >= 11 is 0. The van der Waals surface area contributed by atoms with Gasteiger partial charge in [0.05, 0.1) is 6.26 Å². The van der Waals surface area contributed by atoms with Crippen molar-refractivity contribution in [1.82, 2.24) is 9.47 Å². The van der Waals surface area contributed by atoms with Gasteiger partial charge in [-0.05, 0) is 37.1 Å². The van der Waals surface area contributed by atoms with Gasteiger partial charge >= 0.3 is 0 Å². The van der Waals surface area contributed by atoms with Crippen molar-refractivity contribution in [2.75, 3.05) is 6.54 Å². The van der Waals surface area contributed by atoms with Gasteiger partial charge in [-0.15, -0.1) is 0 Å². The molecule has 1 amide bonds. The summed E-state index contributed by atoms with van der Waals surface area (Å²) in [5, 5.41) is 10.4. The summed E-state index contributed by atoms with van der Waals surface area (Å²) in [6.07, 6.45) is 7.46. The first-order valence-corrected chi connectivity index (χ1v) is 8.30. The van der Waals surface area contributed by atoms with Gasteiger partial charge in [0.1, 0.15) is 17.6 Å². The van der Waals surface area contributed by atoms with Crippen molar-refractivity contribution in [3.63, 3.8) is 0 Å². The summed E-state index contributed by atoms with van der Waals surface area (Å²) in [6, 6.07) is 7.34. The molecular formula is C18H24N2O3. The van der Waals surface area contributed by atoms with E-state index in [1.54, 1.807) is 18.4 Å². The number of aliphatic hydroxyl groups excluding tert-OH is 1. The lowest BCUT2D eigenvalue weighted by molar-refractivity contribution is 0.0549. The number of aliphatic hydroxyl groups is 1. The Balaban J connectivity index is 1.77. The maximum absolute atomic E-state index is 12.9. The Morgan fingerprint density at radius 1 is 1.35 bits per heavy atom. The van der Waals surface area contributed by atoms with Crippen molar-refractivity contribution in [3.8, 4) is 0 Å². The highest BCUT2D eigenvalue weighted by Gasteiger charge is 2.30. The Hall–Kier alpha value is -2.01. The topological polar surface area (TPSA) is 58.6 Å². The minimum Gasteiger partial charge on any atom is -0.467 e. The first-order chi connectivity index (χ1) is 11.2. The van der Waals surface area contributed by atoms with E-state index in [0.29, 0.717) is 17.9 Å². The number of nitrogens with zero attached hydrogens (tertiary/aromatic N) is 2. The highest BCUT2D eigenvalue weighted by molar-refractivity contribution is 5.93. The molecule has 0 aromatic carbocycles. The number of furan rings is 1. The minimum atomic E-state index is -0.670. The van der Waals surface area contributed by atoms with Crippen LogP contribution in [0.3, 0.4) is 0 Å². The summed E-state index contributed by atoms with van der Waals surface area (Å²) in [6.45, 7) is 0.750. The van der Waals surface area contributed by atoms with E-state index in [1.807, 2.05) is 34.8 Å². The Bertz CT molecular complexity index is 632. The first-order valence-electron chi connectivity index (χ1n) is 8.30. The van der Waals surface area contributed by atoms with Gasteiger partial charge < -0.3 is 19.0 Å². The third-order valence-corrected chi connectivity index (χ3v) is 4.67. The number of carbonyl (C=O) groups excluding carboxylic acids is 1. The van der Waals surface area contributed by atoms with Crippen LogP contribution in [-0.2, 0) is 7.05 Å². The number of aryl methyl sites for hydroxylation is 1. The Morgan fingerprint density at radius 3 is 2.91 bits per heavy atom. The molecule has 1 aliphatic heterocycles. The lowest BCUT2D eigenvalue weighted by Gasteiger charge is -2.31. The largest absolute Gasteiger partial charge is 0.467 e. The maximum Gasteiger partial charge on any atom is 0.270 e. The third kappa shape index (κ3) is 3.50. The number of likely N-dealkylation sites (tertiary alicyclic amines) is 1. The minimum absolute atomic E-state index is 0.0417. The zero-order chi connectivity index (χ0) is 16.2. The number of hydrogen-bond acceptors (Lipinski definition) is 3. The molecule has 3 heterocycles. The summed E-state index contributed by atoms with van der Waals surface area (Å²) in [5.41, 5.74) is 0.699. The molecule has 0 bridgehead atoms. The monoisotopic (exact) mass is 316 g/mol. The molecule has 23 heavy (non-hydrogen) atoms. The number of carbonyl (C=O) groups is 1. The van der Waals surface area contributed by atoms with E-state index >= 15 is 0 Å². The Morgan fingerprint density at radius 2 is 2.22 bits per heavy atom. The molecule has 5 nitrogen and oxygen atoms in total. The smallest absolute Gasteiger partial charge is 0.270 e. The molecule has 3 rings (SSSR count). The lowest BCUT2D eigenvalue weighted by Crippen LogP contribution is -2.41. The molecular weight excluding hydrogens is 292 g/mol. The number of rotatable bonds is 4. The van der Waals surface area contributed by atoms with Crippen molar-refractivity contribution in [2.45, 2.75) is 44.2 Å². The van der Waals surface area contributed by atoms with Crippen molar-refractivity contribution in [1.29, 1.82) is 0 Å². The average molecular weight is 316 g/mol. The second kappa shape index (κ2) is 7.04. The van der Waals surface area contributed by atoms with Crippen LogP contribution in [-0.4, -0.2) is 33.1 Å². The normalized spacial score (nSPS) is 20.3.